The van der Waals surface area contributed by atoms with Gasteiger partial charge in [0.2, 0.25) is 5.88 Å². The van der Waals surface area contributed by atoms with Crippen LogP contribution in [-0.2, 0) is 13.1 Å². The molecule has 0 amide bonds. The number of imidazole rings is 1. The van der Waals surface area contributed by atoms with Gasteiger partial charge >= 0.3 is 0 Å². The van der Waals surface area contributed by atoms with Crippen molar-refractivity contribution in [3.8, 4) is 5.88 Å². The van der Waals surface area contributed by atoms with Crippen molar-refractivity contribution in [3.63, 3.8) is 0 Å². The Morgan fingerprint density at radius 2 is 2.14 bits per heavy atom. The van der Waals surface area contributed by atoms with E-state index in [1.165, 1.54) is 0 Å². The first-order valence-electron chi connectivity index (χ1n) is 6.58. The third-order valence-electron chi connectivity index (χ3n) is 3.13. The maximum atomic E-state index is 5.96. The Bertz CT molecular complexity index is 756. The molecular formula is C15H15ClN4O. The molecule has 0 radical (unpaired) electrons. The van der Waals surface area contributed by atoms with E-state index in [9.17, 15) is 0 Å². The monoisotopic (exact) mass is 302 g/mol. The maximum absolute atomic E-state index is 5.96. The van der Waals surface area contributed by atoms with Crippen LogP contribution in [0.4, 0.5) is 0 Å². The topological polar surface area (TPSA) is 51.5 Å². The van der Waals surface area contributed by atoms with Gasteiger partial charge in [-0.25, -0.2) is 9.97 Å². The lowest BCUT2D eigenvalue weighted by molar-refractivity contribution is 0.390. The molecule has 0 aliphatic rings. The van der Waals surface area contributed by atoms with Gasteiger partial charge in [-0.05, 0) is 18.2 Å². The molecule has 1 N–H and O–H groups in total. The molecule has 0 spiro atoms. The zero-order valence-corrected chi connectivity index (χ0v) is 12.3. The van der Waals surface area contributed by atoms with Gasteiger partial charge in [0, 0.05) is 37.2 Å². The summed E-state index contributed by atoms with van der Waals surface area (Å²) >= 11 is 5.96. The molecule has 6 heteroatoms. The van der Waals surface area contributed by atoms with Crippen molar-refractivity contribution < 1.29 is 4.74 Å². The molecular weight excluding hydrogens is 288 g/mol. The van der Waals surface area contributed by atoms with E-state index in [0.29, 0.717) is 24.0 Å². The molecule has 0 aromatic carbocycles. The number of pyridine rings is 2. The van der Waals surface area contributed by atoms with Crippen molar-refractivity contribution in [1.82, 2.24) is 19.7 Å². The summed E-state index contributed by atoms with van der Waals surface area (Å²) in [6.07, 6.45) is 5.53. The van der Waals surface area contributed by atoms with Crippen LogP contribution in [0.15, 0.2) is 42.9 Å². The van der Waals surface area contributed by atoms with Crippen LogP contribution in [0.1, 0.15) is 11.3 Å². The van der Waals surface area contributed by atoms with E-state index in [-0.39, 0.29) is 0 Å². The van der Waals surface area contributed by atoms with Gasteiger partial charge in [0.15, 0.2) is 0 Å². The number of rotatable bonds is 5. The lowest BCUT2D eigenvalue weighted by atomic mass is 10.2. The first-order valence-corrected chi connectivity index (χ1v) is 6.96. The number of nitrogens with zero attached hydrogens (tertiary/aromatic N) is 3. The summed E-state index contributed by atoms with van der Waals surface area (Å²) in [7, 11) is 1.62. The van der Waals surface area contributed by atoms with Crippen molar-refractivity contribution in [2.24, 2.45) is 0 Å². The van der Waals surface area contributed by atoms with Crippen LogP contribution in [-0.4, -0.2) is 21.5 Å². The highest BCUT2D eigenvalue weighted by atomic mass is 35.5. The lowest BCUT2D eigenvalue weighted by Crippen LogP contribution is -2.13. The fraction of sp³-hybridized carbons (Fsp3) is 0.200. The molecule has 0 aliphatic heterocycles. The number of nitrogens with one attached hydrogen (secondary N) is 1. The number of ether oxygens (including phenoxy) is 1. The number of methoxy groups -OCH3 is 1. The average Bonchev–Trinajstić information content (AvgIpc) is 2.89. The van der Waals surface area contributed by atoms with E-state index in [0.717, 1.165) is 16.9 Å². The highest BCUT2D eigenvalue weighted by molar-refractivity contribution is 6.30. The molecule has 3 aromatic rings. The standard InChI is InChI=1S/C15H15ClN4O/c1-21-15-11(3-2-6-18-15)7-17-8-13-10-20-9-12(16)4-5-14(20)19-13/h2-6,9-10,17H,7-8H2,1H3. The van der Waals surface area contributed by atoms with Gasteiger partial charge in [-0.1, -0.05) is 17.7 Å². The zero-order valence-electron chi connectivity index (χ0n) is 11.6. The highest BCUT2D eigenvalue weighted by Gasteiger charge is 2.05. The normalized spacial score (nSPS) is 11.0. The SMILES string of the molecule is COc1ncccc1CNCc1cn2cc(Cl)ccc2n1. The predicted octanol–water partition coefficient (Wildman–Crippen LogP) is 2.68. The van der Waals surface area contributed by atoms with Crippen LogP contribution in [0.5, 0.6) is 5.88 Å². The van der Waals surface area contributed by atoms with Gasteiger partial charge in [0.25, 0.3) is 0 Å². The first kappa shape index (κ1) is 13.9. The summed E-state index contributed by atoms with van der Waals surface area (Å²) < 4.78 is 7.14. The van der Waals surface area contributed by atoms with E-state index < -0.39 is 0 Å². The Balaban J connectivity index is 1.66. The van der Waals surface area contributed by atoms with Crippen molar-refractivity contribution >= 4 is 17.2 Å². The predicted molar refractivity (Wildman–Crippen MR) is 81.5 cm³/mol. The number of hydrogen-bond donors (Lipinski definition) is 1. The van der Waals surface area contributed by atoms with Crippen LogP contribution >= 0.6 is 11.6 Å². The number of hydrogen-bond acceptors (Lipinski definition) is 4. The van der Waals surface area contributed by atoms with Gasteiger partial charge in [0.05, 0.1) is 17.8 Å². The smallest absolute Gasteiger partial charge is 0.217 e. The Morgan fingerprint density at radius 1 is 1.24 bits per heavy atom. The molecule has 0 fully saturated rings. The van der Waals surface area contributed by atoms with Crippen molar-refractivity contribution in [1.29, 1.82) is 0 Å². The maximum Gasteiger partial charge on any atom is 0.217 e. The van der Waals surface area contributed by atoms with E-state index in [1.54, 1.807) is 13.3 Å². The summed E-state index contributed by atoms with van der Waals surface area (Å²) in [5, 5.41) is 4.03. The minimum absolute atomic E-state index is 0.645. The van der Waals surface area contributed by atoms with E-state index in [4.69, 9.17) is 16.3 Å². The van der Waals surface area contributed by atoms with Gasteiger partial charge in [-0.2, -0.15) is 0 Å². The number of halogens is 1. The van der Waals surface area contributed by atoms with E-state index in [2.05, 4.69) is 15.3 Å². The summed E-state index contributed by atoms with van der Waals surface area (Å²) in [4.78, 5) is 8.69. The third-order valence-corrected chi connectivity index (χ3v) is 3.35. The molecule has 3 rings (SSSR count). The summed E-state index contributed by atoms with van der Waals surface area (Å²) in [6.45, 7) is 1.34. The molecule has 0 atom stereocenters. The Hall–Kier alpha value is -2.11. The van der Waals surface area contributed by atoms with Gasteiger partial charge < -0.3 is 14.5 Å². The molecule has 3 heterocycles. The first-order chi connectivity index (χ1) is 10.3. The van der Waals surface area contributed by atoms with Gasteiger partial charge in [0.1, 0.15) is 5.65 Å². The van der Waals surface area contributed by atoms with Gasteiger partial charge in [-0.3, -0.25) is 0 Å². The summed E-state index contributed by atoms with van der Waals surface area (Å²) in [5.74, 6) is 0.645. The quantitative estimate of drug-likeness (QED) is 0.787. The highest BCUT2D eigenvalue weighted by Crippen LogP contribution is 2.14. The second-order valence-electron chi connectivity index (χ2n) is 4.62. The molecule has 5 nitrogen and oxygen atoms in total. The lowest BCUT2D eigenvalue weighted by Gasteiger charge is -2.07. The van der Waals surface area contributed by atoms with Crippen LogP contribution in [0, 0.1) is 0 Å². The molecule has 0 saturated heterocycles. The van der Waals surface area contributed by atoms with Crippen molar-refractivity contribution in [3.05, 3.63) is 59.1 Å². The number of fused-ring (bicyclic) bond motifs is 1. The molecule has 108 valence electrons. The van der Waals surface area contributed by atoms with Crippen molar-refractivity contribution in [2.75, 3.05) is 7.11 Å². The molecule has 0 saturated carbocycles. The molecule has 3 aromatic heterocycles. The Kier molecular flexibility index (Phi) is 4.03. The Morgan fingerprint density at radius 3 is 3.00 bits per heavy atom. The zero-order chi connectivity index (χ0) is 14.7. The largest absolute Gasteiger partial charge is 0.481 e. The molecule has 21 heavy (non-hydrogen) atoms. The summed E-state index contributed by atoms with van der Waals surface area (Å²) in [5.41, 5.74) is 2.86. The summed E-state index contributed by atoms with van der Waals surface area (Å²) in [6, 6.07) is 7.62. The van der Waals surface area contributed by atoms with Crippen LogP contribution in [0.2, 0.25) is 5.02 Å². The molecule has 0 bridgehead atoms. The van der Waals surface area contributed by atoms with E-state index in [1.807, 2.05) is 41.1 Å². The van der Waals surface area contributed by atoms with Crippen molar-refractivity contribution in [2.45, 2.75) is 13.1 Å². The number of aromatic nitrogens is 3. The molecule has 0 unspecified atom stereocenters. The fourth-order valence-corrected chi connectivity index (χ4v) is 2.34. The van der Waals surface area contributed by atoms with Crippen LogP contribution < -0.4 is 10.1 Å². The van der Waals surface area contributed by atoms with Gasteiger partial charge in [-0.15, -0.1) is 0 Å². The minimum atomic E-state index is 0.645. The average molecular weight is 303 g/mol. The second kappa shape index (κ2) is 6.11. The van der Waals surface area contributed by atoms with Crippen LogP contribution in [0.25, 0.3) is 5.65 Å². The fourth-order valence-electron chi connectivity index (χ4n) is 2.17. The van der Waals surface area contributed by atoms with Crippen LogP contribution in [0.3, 0.4) is 0 Å². The van der Waals surface area contributed by atoms with E-state index >= 15 is 0 Å². The minimum Gasteiger partial charge on any atom is -0.481 e. The third kappa shape index (κ3) is 3.15. The molecule has 0 aliphatic carbocycles. The Labute approximate surface area is 127 Å². The second-order valence-corrected chi connectivity index (χ2v) is 5.06.